The van der Waals surface area contributed by atoms with Gasteiger partial charge in [0.1, 0.15) is 11.9 Å². The molecule has 104 valence electrons. The van der Waals surface area contributed by atoms with Crippen LogP contribution in [0.25, 0.3) is 0 Å². The molecule has 0 aromatic heterocycles. The zero-order valence-corrected chi connectivity index (χ0v) is 10.0. The van der Waals surface area contributed by atoms with Crippen molar-refractivity contribution in [2.75, 3.05) is 0 Å². The second-order valence-electron chi connectivity index (χ2n) is 3.27. The molecule has 0 fully saturated rings. The highest BCUT2D eigenvalue weighted by Crippen LogP contribution is 2.43. The highest BCUT2D eigenvalue weighted by molar-refractivity contribution is 6.30. The smallest absolute Gasteiger partial charge is 0.319 e. The van der Waals surface area contributed by atoms with Gasteiger partial charge in [-0.2, -0.15) is 22.0 Å². The number of halogens is 8. The molecule has 1 nitrogen and oxygen atoms in total. The zero-order chi connectivity index (χ0) is 13.4. The van der Waals surface area contributed by atoms with Crippen molar-refractivity contribution in [2.45, 2.75) is 18.1 Å². The fourth-order valence-corrected chi connectivity index (χ4v) is 1.21. The van der Waals surface area contributed by atoms with Crippen molar-refractivity contribution in [3.05, 3.63) is 34.6 Å². The molecule has 0 amide bonds. The molecule has 0 aliphatic heterocycles. The summed E-state index contributed by atoms with van der Waals surface area (Å²) >= 11 is 5.26. The van der Waals surface area contributed by atoms with E-state index in [0.717, 1.165) is 12.1 Å². The quantitative estimate of drug-likeness (QED) is 0.817. The summed E-state index contributed by atoms with van der Waals surface area (Å²) in [6, 6.07) is -0.560. The second-order valence-corrected chi connectivity index (χ2v) is 3.68. The highest BCUT2D eigenvalue weighted by Gasteiger charge is 2.61. The van der Waals surface area contributed by atoms with E-state index in [9.17, 15) is 26.3 Å². The first-order valence-corrected chi connectivity index (χ1v) is 4.60. The lowest BCUT2D eigenvalue weighted by molar-refractivity contribution is -0.291. The van der Waals surface area contributed by atoms with E-state index in [1.807, 2.05) is 0 Å². The Morgan fingerprint density at radius 1 is 1.11 bits per heavy atom. The van der Waals surface area contributed by atoms with Crippen LogP contribution in [0.3, 0.4) is 0 Å². The average Bonchev–Trinajstić information content (AvgIpc) is 2.19. The standard InChI is InChI=1S/C9H6ClF6N.ClH/c10-5-2-1-4(3-6(5)11)7(17)8(12,13)9(14,15)16;/h1-3,7H,17H2;1H/t7-;/m0./s1. The maximum absolute atomic E-state index is 12.9. The van der Waals surface area contributed by atoms with Crippen LogP contribution in [0.1, 0.15) is 11.6 Å². The Hall–Kier alpha value is -0.660. The van der Waals surface area contributed by atoms with Crippen LogP contribution < -0.4 is 5.73 Å². The van der Waals surface area contributed by atoms with Crippen LogP contribution in [0.15, 0.2) is 18.2 Å². The Morgan fingerprint density at radius 2 is 1.61 bits per heavy atom. The Balaban J connectivity index is 0.00000289. The van der Waals surface area contributed by atoms with Crippen molar-refractivity contribution in [1.82, 2.24) is 0 Å². The van der Waals surface area contributed by atoms with Crippen LogP contribution in [0.4, 0.5) is 26.3 Å². The summed E-state index contributed by atoms with van der Waals surface area (Å²) in [6.07, 6.45) is -5.80. The summed E-state index contributed by atoms with van der Waals surface area (Å²) in [7, 11) is 0. The summed E-state index contributed by atoms with van der Waals surface area (Å²) in [5.41, 5.74) is 4.11. The molecule has 1 rings (SSSR count). The van der Waals surface area contributed by atoms with Crippen LogP contribution in [-0.4, -0.2) is 12.1 Å². The van der Waals surface area contributed by atoms with Gasteiger partial charge >= 0.3 is 12.1 Å². The van der Waals surface area contributed by atoms with Gasteiger partial charge in [-0.25, -0.2) is 4.39 Å². The molecule has 0 heterocycles. The predicted molar refractivity (Wildman–Crippen MR) is 56.6 cm³/mol. The van der Waals surface area contributed by atoms with E-state index in [1.165, 1.54) is 0 Å². The number of rotatable bonds is 2. The Kier molecular flexibility index (Phi) is 5.34. The zero-order valence-electron chi connectivity index (χ0n) is 8.44. The summed E-state index contributed by atoms with van der Waals surface area (Å²) in [6.45, 7) is 0. The van der Waals surface area contributed by atoms with Gasteiger partial charge in [-0.15, -0.1) is 12.4 Å². The fraction of sp³-hybridized carbons (Fsp3) is 0.333. The van der Waals surface area contributed by atoms with Crippen molar-refractivity contribution in [3.8, 4) is 0 Å². The molecule has 18 heavy (non-hydrogen) atoms. The number of benzene rings is 1. The molecule has 0 radical (unpaired) electrons. The molecular formula is C9H7Cl2F6N. The molecule has 0 aliphatic rings. The minimum atomic E-state index is -5.80. The monoisotopic (exact) mass is 313 g/mol. The molecule has 0 bridgehead atoms. The van der Waals surface area contributed by atoms with Crippen molar-refractivity contribution < 1.29 is 26.3 Å². The minimum Gasteiger partial charge on any atom is -0.319 e. The Labute approximate surface area is 109 Å². The average molecular weight is 314 g/mol. The second kappa shape index (κ2) is 5.54. The van der Waals surface area contributed by atoms with Gasteiger partial charge in [0.05, 0.1) is 5.02 Å². The first-order valence-electron chi connectivity index (χ1n) is 4.22. The van der Waals surface area contributed by atoms with Gasteiger partial charge in [0.15, 0.2) is 0 Å². The molecule has 9 heteroatoms. The van der Waals surface area contributed by atoms with Crippen LogP contribution in [0, 0.1) is 5.82 Å². The summed E-state index contributed by atoms with van der Waals surface area (Å²) in [5, 5.41) is -0.392. The van der Waals surface area contributed by atoms with E-state index in [-0.39, 0.29) is 12.4 Å². The van der Waals surface area contributed by atoms with Gasteiger partial charge < -0.3 is 5.73 Å². The molecule has 0 saturated carbocycles. The first kappa shape index (κ1) is 17.3. The topological polar surface area (TPSA) is 26.0 Å². The lowest BCUT2D eigenvalue weighted by atomic mass is 10.0. The van der Waals surface area contributed by atoms with Gasteiger partial charge in [0.2, 0.25) is 0 Å². The molecular weight excluding hydrogens is 307 g/mol. The SMILES string of the molecule is Cl.N[C@@H](c1ccc(Cl)c(F)c1)C(F)(F)C(F)(F)F. The number of hydrogen-bond donors (Lipinski definition) is 1. The maximum atomic E-state index is 12.9. The van der Waals surface area contributed by atoms with Gasteiger partial charge in [-0.1, -0.05) is 17.7 Å². The molecule has 0 aliphatic carbocycles. The van der Waals surface area contributed by atoms with Crippen molar-refractivity contribution in [3.63, 3.8) is 0 Å². The lowest BCUT2D eigenvalue weighted by Gasteiger charge is -2.25. The Bertz CT molecular complexity index is 420. The summed E-state index contributed by atoms with van der Waals surface area (Å²) in [5.74, 6) is -6.26. The van der Waals surface area contributed by atoms with Crippen LogP contribution in [-0.2, 0) is 0 Å². The van der Waals surface area contributed by atoms with E-state index < -0.39 is 34.5 Å². The third-order valence-electron chi connectivity index (χ3n) is 2.07. The fourth-order valence-electron chi connectivity index (χ4n) is 1.09. The van der Waals surface area contributed by atoms with Gasteiger partial charge in [0, 0.05) is 0 Å². The predicted octanol–water partition coefficient (Wildman–Crippen LogP) is 4.10. The van der Waals surface area contributed by atoms with Gasteiger partial charge in [-0.05, 0) is 17.7 Å². The number of nitrogens with two attached hydrogens (primary N) is 1. The number of hydrogen-bond acceptors (Lipinski definition) is 1. The summed E-state index contributed by atoms with van der Waals surface area (Å²) in [4.78, 5) is 0. The van der Waals surface area contributed by atoms with E-state index in [4.69, 9.17) is 17.3 Å². The normalized spacial score (nSPS) is 14.0. The summed E-state index contributed by atoms with van der Waals surface area (Å²) < 4.78 is 74.6. The largest absolute Gasteiger partial charge is 0.455 e. The molecule has 1 atom stereocenters. The molecule has 0 unspecified atom stereocenters. The lowest BCUT2D eigenvalue weighted by Crippen LogP contribution is -2.45. The third-order valence-corrected chi connectivity index (χ3v) is 2.38. The third kappa shape index (κ3) is 3.21. The van der Waals surface area contributed by atoms with E-state index in [2.05, 4.69) is 0 Å². The molecule has 0 saturated heterocycles. The van der Waals surface area contributed by atoms with E-state index >= 15 is 0 Å². The van der Waals surface area contributed by atoms with Crippen molar-refractivity contribution in [1.29, 1.82) is 0 Å². The molecule has 1 aromatic carbocycles. The van der Waals surface area contributed by atoms with E-state index in [1.54, 1.807) is 0 Å². The molecule has 1 aromatic rings. The van der Waals surface area contributed by atoms with Crippen molar-refractivity contribution >= 4 is 24.0 Å². The molecule has 2 N–H and O–H groups in total. The van der Waals surface area contributed by atoms with Crippen molar-refractivity contribution in [2.24, 2.45) is 5.73 Å². The van der Waals surface area contributed by atoms with Crippen LogP contribution in [0.2, 0.25) is 5.02 Å². The number of alkyl halides is 5. The molecule has 0 spiro atoms. The van der Waals surface area contributed by atoms with Crippen LogP contribution >= 0.6 is 24.0 Å². The minimum absolute atomic E-state index is 0. The highest BCUT2D eigenvalue weighted by atomic mass is 35.5. The maximum Gasteiger partial charge on any atom is 0.455 e. The van der Waals surface area contributed by atoms with Crippen LogP contribution in [0.5, 0.6) is 0 Å². The van der Waals surface area contributed by atoms with Gasteiger partial charge in [-0.3, -0.25) is 0 Å². The van der Waals surface area contributed by atoms with Gasteiger partial charge in [0.25, 0.3) is 0 Å². The van der Waals surface area contributed by atoms with E-state index in [0.29, 0.717) is 6.07 Å². The Morgan fingerprint density at radius 3 is 2.00 bits per heavy atom. The first-order chi connectivity index (χ1) is 7.57.